The van der Waals surface area contributed by atoms with Gasteiger partial charge in [0, 0.05) is 16.3 Å². The van der Waals surface area contributed by atoms with Crippen molar-refractivity contribution in [2.45, 2.75) is 17.4 Å². The average molecular weight is 297 g/mol. The van der Waals surface area contributed by atoms with Gasteiger partial charge >= 0.3 is 5.69 Å². The van der Waals surface area contributed by atoms with E-state index in [-0.39, 0.29) is 5.69 Å². The second kappa shape index (κ2) is 5.00. The average Bonchev–Trinajstić information content (AvgIpc) is 2.87. The highest BCUT2D eigenvalue weighted by Gasteiger charge is 2.20. The number of thioether (sulfide) groups is 1. The van der Waals surface area contributed by atoms with E-state index in [1.165, 1.54) is 10.5 Å². The van der Waals surface area contributed by atoms with Gasteiger partial charge in [0.2, 0.25) is 0 Å². The summed E-state index contributed by atoms with van der Waals surface area (Å²) in [6, 6.07) is 14.8. The van der Waals surface area contributed by atoms with Gasteiger partial charge in [-0.15, -0.1) is 11.8 Å². The molecule has 3 N–H and O–H groups in total. The van der Waals surface area contributed by atoms with Crippen LogP contribution in [0.25, 0.3) is 11.0 Å². The number of benzene rings is 2. The largest absolute Gasteiger partial charge is 0.378 e. The Balaban J connectivity index is 1.67. The lowest BCUT2D eigenvalue weighted by Crippen LogP contribution is -2.15. The molecule has 0 saturated carbocycles. The molecule has 1 aromatic heterocycles. The van der Waals surface area contributed by atoms with E-state index in [1.54, 1.807) is 0 Å². The summed E-state index contributed by atoms with van der Waals surface area (Å²) in [4.78, 5) is 18.2. The summed E-state index contributed by atoms with van der Waals surface area (Å²) < 4.78 is 0. The Morgan fingerprint density at radius 3 is 2.90 bits per heavy atom. The molecule has 5 heteroatoms. The molecule has 1 aliphatic rings. The fraction of sp³-hybridized carbons (Fsp3) is 0.188. The standard InChI is InChI=1S/C16H15N3OS/c20-16-18-13-6-5-10(9-14(13)19-16)17-12-7-8-21-15-4-2-1-3-11(12)15/h1-6,9,12,17H,7-8H2,(H2,18,19,20). The van der Waals surface area contributed by atoms with Crippen molar-refractivity contribution in [3.63, 3.8) is 0 Å². The highest BCUT2D eigenvalue weighted by Crippen LogP contribution is 2.37. The number of aromatic amines is 2. The number of imidazole rings is 1. The Morgan fingerprint density at radius 1 is 1.10 bits per heavy atom. The third kappa shape index (κ3) is 2.34. The molecule has 2 heterocycles. The summed E-state index contributed by atoms with van der Waals surface area (Å²) in [5.74, 6) is 1.12. The van der Waals surface area contributed by atoms with Crippen LogP contribution in [0.4, 0.5) is 5.69 Å². The molecule has 0 saturated heterocycles. The van der Waals surface area contributed by atoms with Crippen LogP contribution in [0.5, 0.6) is 0 Å². The first-order valence-electron chi connectivity index (χ1n) is 7.00. The molecular formula is C16H15N3OS. The summed E-state index contributed by atoms with van der Waals surface area (Å²) in [6.07, 6.45) is 1.10. The molecule has 0 radical (unpaired) electrons. The highest BCUT2D eigenvalue weighted by molar-refractivity contribution is 7.99. The Kier molecular flexibility index (Phi) is 3.00. The van der Waals surface area contributed by atoms with Crippen LogP contribution in [0.15, 0.2) is 52.2 Å². The van der Waals surface area contributed by atoms with E-state index in [9.17, 15) is 4.79 Å². The van der Waals surface area contributed by atoms with Crippen LogP contribution in [0, 0.1) is 0 Å². The van der Waals surface area contributed by atoms with Crippen molar-refractivity contribution < 1.29 is 0 Å². The molecule has 21 heavy (non-hydrogen) atoms. The first-order chi connectivity index (χ1) is 10.3. The zero-order valence-corrected chi connectivity index (χ0v) is 12.2. The zero-order valence-electron chi connectivity index (χ0n) is 11.3. The van der Waals surface area contributed by atoms with Gasteiger partial charge in [-0.05, 0) is 36.2 Å². The molecule has 1 atom stereocenters. The van der Waals surface area contributed by atoms with Crippen molar-refractivity contribution >= 4 is 28.5 Å². The van der Waals surface area contributed by atoms with Crippen LogP contribution >= 0.6 is 11.8 Å². The van der Waals surface area contributed by atoms with Gasteiger partial charge in [0.1, 0.15) is 0 Å². The second-order valence-corrected chi connectivity index (χ2v) is 6.35. The predicted molar refractivity (Wildman–Crippen MR) is 87.1 cm³/mol. The minimum atomic E-state index is -0.165. The van der Waals surface area contributed by atoms with E-state index in [4.69, 9.17) is 0 Å². The molecule has 0 fully saturated rings. The quantitative estimate of drug-likeness (QED) is 0.678. The van der Waals surface area contributed by atoms with Crippen molar-refractivity contribution in [1.29, 1.82) is 0 Å². The number of anilines is 1. The number of hydrogen-bond donors (Lipinski definition) is 3. The molecule has 2 aromatic carbocycles. The second-order valence-electron chi connectivity index (χ2n) is 5.21. The van der Waals surface area contributed by atoms with E-state index < -0.39 is 0 Å². The van der Waals surface area contributed by atoms with Crippen LogP contribution in [0.2, 0.25) is 0 Å². The molecule has 1 aliphatic heterocycles. The summed E-state index contributed by atoms with van der Waals surface area (Å²) in [7, 11) is 0. The van der Waals surface area contributed by atoms with Crippen LogP contribution in [-0.2, 0) is 0 Å². The van der Waals surface area contributed by atoms with Crippen molar-refractivity contribution in [2.75, 3.05) is 11.1 Å². The monoisotopic (exact) mass is 297 g/mol. The van der Waals surface area contributed by atoms with Crippen molar-refractivity contribution in [2.24, 2.45) is 0 Å². The molecule has 0 bridgehead atoms. The Labute approximate surface area is 126 Å². The minimum Gasteiger partial charge on any atom is -0.378 e. The van der Waals surface area contributed by atoms with E-state index in [0.717, 1.165) is 28.9 Å². The molecule has 4 nitrogen and oxygen atoms in total. The molecule has 4 rings (SSSR count). The number of hydrogen-bond acceptors (Lipinski definition) is 3. The van der Waals surface area contributed by atoms with Gasteiger partial charge in [0.25, 0.3) is 0 Å². The molecular weight excluding hydrogens is 282 g/mol. The maximum Gasteiger partial charge on any atom is 0.323 e. The minimum absolute atomic E-state index is 0.165. The number of nitrogens with one attached hydrogen (secondary N) is 3. The van der Waals surface area contributed by atoms with E-state index in [2.05, 4.69) is 39.6 Å². The van der Waals surface area contributed by atoms with Gasteiger partial charge in [0.15, 0.2) is 0 Å². The fourth-order valence-corrected chi connectivity index (χ4v) is 3.94. The van der Waals surface area contributed by atoms with E-state index in [1.807, 2.05) is 30.0 Å². The number of rotatable bonds is 2. The summed E-state index contributed by atoms with van der Waals surface area (Å²) in [5.41, 5.74) is 3.90. The number of aromatic nitrogens is 2. The Bertz CT molecular complexity index is 852. The van der Waals surface area contributed by atoms with Gasteiger partial charge in [-0.2, -0.15) is 0 Å². The molecule has 1 unspecified atom stereocenters. The molecule has 106 valence electrons. The molecule has 3 aromatic rings. The Morgan fingerprint density at radius 2 is 1.95 bits per heavy atom. The predicted octanol–water partition coefficient (Wildman–Crippen LogP) is 3.51. The number of fused-ring (bicyclic) bond motifs is 2. The SMILES string of the molecule is O=c1[nH]c2ccc(NC3CCSc4ccccc43)cc2[nH]1. The Hall–Kier alpha value is -2.14. The molecule has 0 aliphatic carbocycles. The summed E-state index contributed by atoms with van der Waals surface area (Å²) >= 11 is 1.92. The van der Waals surface area contributed by atoms with Gasteiger partial charge < -0.3 is 15.3 Å². The van der Waals surface area contributed by atoms with Crippen molar-refractivity contribution in [3.05, 3.63) is 58.5 Å². The summed E-state index contributed by atoms with van der Waals surface area (Å²) in [6.45, 7) is 0. The van der Waals surface area contributed by atoms with Crippen LogP contribution in [0.1, 0.15) is 18.0 Å². The maximum absolute atomic E-state index is 11.3. The topological polar surface area (TPSA) is 60.7 Å². The smallest absolute Gasteiger partial charge is 0.323 e. The van der Waals surface area contributed by atoms with Gasteiger partial charge in [-0.3, -0.25) is 0 Å². The normalized spacial score (nSPS) is 17.6. The van der Waals surface area contributed by atoms with Crippen molar-refractivity contribution in [1.82, 2.24) is 9.97 Å². The lowest BCUT2D eigenvalue weighted by molar-refractivity contribution is 0.729. The van der Waals surface area contributed by atoms with Crippen LogP contribution in [0.3, 0.4) is 0 Å². The van der Waals surface area contributed by atoms with Gasteiger partial charge in [-0.25, -0.2) is 4.79 Å². The van der Waals surface area contributed by atoms with Gasteiger partial charge in [-0.1, -0.05) is 18.2 Å². The van der Waals surface area contributed by atoms with E-state index in [0.29, 0.717) is 6.04 Å². The first-order valence-corrected chi connectivity index (χ1v) is 7.98. The highest BCUT2D eigenvalue weighted by atomic mass is 32.2. The first kappa shape index (κ1) is 12.6. The third-order valence-electron chi connectivity index (χ3n) is 3.82. The van der Waals surface area contributed by atoms with Crippen molar-refractivity contribution in [3.8, 4) is 0 Å². The fourth-order valence-electron chi connectivity index (χ4n) is 2.82. The molecule has 0 amide bonds. The molecule has 0 spiro atoms. The third-order valence-corrected chi connectivity index (χ3v) is 4.94. The lowest BCUT2D eigenvalue weighted by Gasteiger charge is -2.26. The zero-order chi connectivity index (χ0) is 14.2. The van der Waals surface area contributed by atoms with Crippen LogP contribution in [-0.4, -0.2) is 15.7 Å². The maximum atomic E-state index is 11.3. The lowest BCUT2D eigenvalue weighted by atomic mass is 10.0. The van der Waals surface area contributed by atoms with Crippen LogP contribution < -0.4 is 11.0 Å². The number of H-pyrrole nitrogens is 2. The summed E-state index contributed by atoms with van der Waals surface area (Å²) in [5, 5.41) is 3.59. The van der Waals surface area contributed by atoms with Gasteiger partial charge in [0.05, 0.1) is 17.1 Å². The van der Waals surface area contributed by atoms with E-state index >= 15 is 0 Å².